The highest BCUT2D eigenvalue weighted by molar-refractivity contribution is 6.31. The Labute approximate surface area is 91.9 Å². The number of carboxylic acids is 1. The van der Waals surface area contributed by atoms with E-state index in [1.807, 2.05) is 13.0 Å². The highest BCUT2D eigenvalue weighted by atomic mass is 35.5. The van der Waals surface area contributed by atoms with Gasteiger partial charge in [-0.3, -0.25) is 0 Å². The number of rotatable bonds is 1. The number of benzene rings is 1. The molecule has 4 heteroatoms. The molecule has 0 aliphatic carbocycles. The molecule has 0 radical (unpaired) electrons. The molecule has 0 aromatic heterocycles. The average Bonchev–Trinajstić information content (AvgIpc) is 2.19. The van der Waals surface area contributed by atoms with Gasteiger partial charge in [0.1, 0.15) is 12.4 Å². The molecule has 0 unspecified atom stereocenters. The van der Waals surface area contributed by atoms with Gasteiger partial charge >= 0.3 is 5.97 Å². The van der Waals surface area contributed by atoms with Gasteiger partial charge in [0.25, 0.3) is 0 Å². The monoisotopic (exact) mass is 224 g/mol. The fourth-order valence-corrected chi connectivity index (χ4v) is 1.59. The third-order valence-electron chi connectivity index (χ3n) is 2.28. The largest absolute Gasteiger partial charge is 0.488 e. The Morgan fingerprint density at radius 2 is 2.27 bits per heavy atom. The summed E-state index contributed by atoms with van der Waals surface area (Å²) in [6, 6.07) is 3.53. The van der Waals surface area contributed by atoms with Gasteiger partial charge in [0.2, 0.25) is 0 Å². The first-order valence-electron chi connectivity index (χ1n) is 4.45. The lowest BCUT2D eigenvalue weighted by atomic mass is 10.1. The number of aryl methyl sites for hydroxylation is 1. The van der Waals surface area contributed by atoms with Crippen LogP contribution < -0.4 is 4.74 Å². The van der Waals surface area contributed by atoms with E-state index in [1.54, 1.807) is 12.1 Å². The standard InChI is InChI=1S/C11H9ClO3/c1-6-2-10-7(4-9(6)12)3-8(5-15-10)11(13)14/h2-4H,5H2,1H3,(H,13,14). The molecule has 0 amide bonds. The van der Waals surface area contributed by atoms with Crippen LogP contribution in [0.4, 0.5) is 0 Å². The van der Waals surface area contributed by atoms with Crippen LogP contribution in [0.1, 0.15) is 11.1 Å². The first kappa shape index (κ1) is 10.1. The van der Waals surface area contributed by atoms with Gasteiger partial charge in [-0.2, -0.15) is 0 Å². The lowest BCUT2D eigenvalue weighted by Crippen LogP contribution is -2.14. The van der Waals surface area contributed by atoms with E-state index in [0.717, 1.165) is 5.56 Å². The average molecular weight is 225 g/mol. The van der Waals surface area contributed by atoms with Crippen molar-refractivity contribution < 1.29 is 14.6 Å². The van der Waals surface area contributed by atoms with E-state index < -0.39 is 5.97 Å². The SMILES string of the molecule is Cc1cc2c(cc1Cl)C=C(C(=O)O)CO2. The van der Waals surface area contributed by atoms with Crippen LogP contribution in [-0.2, 0) is 4.79 Å². The molecule has 15 heavy (non-hydrogen) atoms. The minimum atomic E-state index is -0.961. The number of hydrogen-bond donors (Lipinski definition) is 1. The molecule has 0 bridgehead atoms. The van der Waals surface area contributed by atoms with Gasteiger partial charge in [0.05, 0.1) is 5.57 Å². The Morgan fingerprint density at radius 3 is 2.93 bits per heavy atom. The quantitative estimate of drug-likeness (QED) is 0.797. The molecule has 0 atom stereocenters. The van der Waals surface area contributed by atoms with Gasteiger partial charge in [-0.25, -0.2) is 4.79 Å². The molecular formula is C11H9ClO3. The van der Waals surface area contributed by atoms with Gasteiger partial charge < -0.3 is 9.84 Å². The summed E-state index contributed by atoms with van der Waals surface area (Å²) in [5.41, 5.74) is 1.87. The molecule has 1 aromatic carbocycles. The molecule has 0 spiro atoms. The molecule has 78 valence electrons. The molecule has 0 saturated carbocycles. The van der Waals surface area contributed by atoms with Crippen LogP contribution >= 0.6 is 11.6 Å². The third-order valence-corrected chi connectivity index (χ3v) is 2.69. The van der Waals surface area contributed by atoms with E-state index in [0.29, 0.717) is 16.3 Å². The third kappa shape index (κ3) is 1.83. The number of carbonyl (C=O) groups is 1. The summed E-state index contributed by atoms with van der Waals surface area (Å²) in [6.07, 6.45) is 1.59. The summed E-state index contributed by atoms with van der Waals surface area (Å²) < 4.78 is 5.33. The van der Waals surface area contributed by atoms with E-state index in [4.69, 9.17) is 21.4 Å². The zero-order chi connectivity index (χ0) is 11.0. The fourth-order valence-electron chi connectivity index (χ4n) is 1.42. The smallest absolute Gasteiger partial charge is 0.335 e. The maximum absolute atomic E-state index is 10.7. The second kappa shape index (κ2) is 3.59. The van der Waals surface area contributed by atoms with Crippen molar-refractivity contribution in [3.05, 3.63) is 33.9 Å². The predicted molar refractivity (Wildman–Crippen MR) is 57.3 cm³/mol. The number of halogens is 1. The maximum Gasteiger partial charge on any atom is 0.335 e. The first-order valence-corrected chi connectivity index (χ1v) is 4.82. The van der Waals surface area contributed by atoms with Gasteiger partial charge in [-0.1, -0.05) is 11.6 Å². The molecule has 0 saturated heterocycles. The van der Waals surface area contributed by atoms with Crippen LogP contribution in [0, 0.1) is 6.92 Å². The van der Waals surface area contributed by atoms with Gasteiger partial charge in [-0.15, -0.1) is 0 Å². The van der Waals surface area contributed by atoms with E-state index in [1.165, 1.54) is 0 Å². The Balaban J connectivity index is 2.51. The number of aliphatic carboxylic acids is 1. The van der Waals surface area contributed by atoms with Gasteiger partial charge in [0.15, 0.2) is 0 Å². The lowest BCUT2D eigenvalue weighted by molar-refractivity contribution is -0.132. The highest BCUT2D eigenvalue weighted by Crippen LogP contribution is 2.31. The van der Waals surface area contributed by atoms with Crippen LogP contribution in [0.5, 0.6) is 5.75 Å². The molecule has 1 N–H and O–H groups in total. The molecule has 0 fully saturated rings. The summed E-state index contributed by atoms with van der Waals surface area (Å²) >= 11 is 5.94. The Kier molecular flexibility index (Phi) is 2.40. The molecule has 1 heterocycles. The van der Waals surface area contributed by atoms with Crippen LogP contribution in [0.2, 0.25) is 5.02 Å². The summed E-state index contributed by atoms with van der Waals surface area (Å²) in [7, 11) is 0. The van der Waals surface area contributed by atoms with Crippen molar-refractivity contribution in [2.24, 2.45) is 0 Å². The molecule has 2 rings (SSSR count). The minimum absolute atomic E-state index is 0.101. The zero-order valence-corrected chi connectivity index (χ0v) is 8.84. The molecule has 1 aliphatic heterocycles. The predicted octanol–water partition coefficient (Wildman–Crippen LogP) is 2.51. The summed E-state index contributed by atoms with van der Waals surface area (Å²) in [5.74, 6) is -0.278. The van der Waals surface area contributed by atoms with Crippen molar-refractivity contribution in [2.45, 2.75) is 6.92 Å². The topological polar surface area (TPSA) is 46.5 Å². The van der Waals surface area contributed by atoms with Crippen LogP contribution in [0.25, 0.3) is 6.08 Å². The maximum atomic E-state index is 10.7. The summed E-state index contributed by atoms with van der Waals surface area (Å²) in [6.45, 7) is 1.98. The van der Waals surface area contributed by atoms with Crippen LogP contribution in [0.3, 0.4) is 0 Å². The van der Waals surface area contributed by atoms with Crippen molar-refractivity contribution in [1.82, 2.24) is 0 Å². The Morgan fingerprint density at radius 1 is 1.53 bits per heavy atom. The van der Waals surface area contributed by atoms with E-state index in [2.05, 4.69) is 0 Å². The number of fused-ring (bicyclic) bond motifs is 1. The zero-order valence-electron chi connectivity index (χ0n) is 8.08. The molecule has 1 aliphatic rings. The normalized spacial score (nSPS) is 13.9. The molecule has 3 nitrogen and oxygen atoms in total. The first-order chi connectivity index (χ1) is 7.08. The number of carboxylic acid groups (broad SMARTS) is 1. The number of ether oxygens (including phenoxy) is 1. The Hall–Kier alpha value is -1.48. The van der Waals surface area contributed by atoms with Gasteiger partial charge in [0, 0.05) is 10.6 Å². The van der Waals surface area contributed by atoms with Crippen molar-refractivity contribution in [2.75, 3.05) is 6.61 Å². The minimum Gasteiger partial charge on any atom is -0.488 e. The second-order valence-corrected chi connectivity index (χ2v) is 3.81. The summed E-state index contributed by atoms with van der Waals surface area (Å²) in [5, 5.41) is 9.42. The van der Waals surface area contributed by atoms with E-state index in [-0.39, 0.29) is 12.2 Å². The molecule has 1 aromatic rings. The van der Waals surface area contributed by atoms with Gasteiger partial charge in [-0.05, 0) is 30.7 Å². The second-order valence-electron chi connectivity index (χ2n) is 3.40. The van der Waals surface area contributed by atoms with Crippen molar-refractivity contribution in [1.29, 1.82) is 0 Å². The summed E-state index contributed by atoms with van der Waals surface area (Å²) in [4.78, 5) is 10.7. The Bertz CT molecular complexity index is 463. The van der Waals surface area contributed by atoms with Crippen LogP contribution in [-0.4, -0.2) is 17.7 Å². The van der Waals surface area contributed by atoms with E-state index >= 15 is 0 Å². The highest BCUT2D eigenvalue weighted by Gasteiger charge is 2.17. The molecular weight excluding hydrogens is 216 g/mol. The van der Waals surface area contributed by atoms with Crippen LogP contribution in [0.15, 0.2) is 17.7 Å². The van der Waals surface area contributed by atoms with Crippen molar-refractivity contribution in [3.8, 4) is 5.75 Å². The van der Waals surface area contributed by atoms with E-state index in [9.17, 15) is 4.79 Å². The van der Waals surface area contributed by atoms with Crippen molar-refractivity contribution >= 4 is 23.6 Å². The lowest BCUT2D eigenvalue weighted by Gasteiger charge is -2.16. The van der Waals surface area contributed by atoms with Crippen molar-refractivity contribution in [3.63, 3.8) is 0 Å². The fraction of sp³-hybridized carbons (Fsp3) is 0.182. The number of hydrogen-bond acceptors (Lipinski definition) is 2.